The molecule has 1 heterocycles. The van der Waals surface area contributed by atoms with Gasteiger partial charge in [0.25, 0.3) is 0 Å². The van der Waals surface area contributed by atoms with Crippen LogP contribution >= 0.6 is 7.92 Å². The van der Waals surface area contributed by atoms with Gasteiger partial charge in [-0.3, -0.25) is 9.59 Å². The van der Waals surface area contributed by atoms with Gasteiger partial charge in [0.2, 0.25) is 0 Å². The second-order valence-corrected chi connectivity index (χ2v) is 9.38. The van der Waals surface area contributed by atoms with Gasteiger partial charge >= 0.3 is 0 Å². The van der Waals surface area contributed by atoms with E-state index in [4.69, 9.17) is 4.42 Å². The molecule has 1 aromatic heterocycles. The van der Waals surface area contributed by atoms with Gasteiger partial charge in [-0.05, 0) is 33.2 Å². The van der Waals surface area contributed by atoms with Crippen LogP contribution in [-0.4, -0.2) is 24.1 Å². The van der Waals surface area contributed by atoms with E-state index < -0.39 is 7.92 Å². The normalized spacial score (nSPS) is 12.2. The Morgan fingerprint density at radius 2 is 1.61 bits per heavy atom. The van der Waals surface area contributed by atoms with E-state index in [0.29, 0.717) is 16.7 Å². The summed E-state index contributed by atoms with van der Waals surface area (Å²) >= 11 is 0. The van der Waals surface area contributed by atoms with Gasteiger partial charge in [-0.15, -0.1) is 0 Å². The number of aryl methyl sites for hydroxylation is 1. The largest absolute Gasteiger partial charge is 0.460 e. The third-order valence-corrected chi connectivity index (χ3v) is 7.02. The summed E-state index contributed by atoms with van der Waals surface area (Å²) < 4.78 is 5.99. The minimum atomic E-state index is -0.654. The van der Waals surface area contributed by atoms with Crippen molar-refractivity contribution in [2.24, 2.45) is 0 Å². The molecule has 146 valence electrons. The summed E-state index contributed by atoms with van der Waals surface area (Å²) in [6.45, 7) is 6.25. The molecule has 0 amide bonds. The van der Waals surface area contributed by atoms with Crippen LogP contribution in [0.25, 0.3) is 11.0 Å². The van der Waals surface area contributed by atoms with Gasteiger partial charge in [0.15, 0.2) is 11.3 Å². The molecule has 3 aromatic rings. The van der Waals surface area contributed by atoms with Crippen molar-refractivity contribution in [3.8, 4) is 0 Å². The number of carbonyl (C=O) groups is 2. The summed E-state index contributed by atoms with van der Waals surface area (Å²) in [5.74, 6) is 0.718. The lowest BCUT2D eigenvalue weighted by Gasteiger charge is -2.10. The van der Waals surface area contributed by atoms with Crippen LogP contribution in [0, 0.1) is 0 Å². The SMILES string of the molecule is CCCCc1oc2ccccc2c1C(=O)c1ccc(C(=O)P(C)CCC)cc1. The minimum Gasteiger partial charge on any atom is -0.460 e. The lowest BCUT2D eigenvalue weighted by atomic mass is 9.98. The number of para-hydroxylation sites is 1. The van der Waals surface area contributed by atoms with Crippen molar-refractivity contribution in [2.75, 3.05) is 12.8 Å². The molecule has 1 atom stereocenters. The van der Waals surface area contributed by atoms with E-state index >= 15 is 0 Å². The van der Waals surface area contributed by atoms with Gasteiger partial charge in [-0.2, -0.15) is 0 Å². The van der Waals surface area contributed by atoms with Crippen LogP contribution in [0.2, 0.25) is 0 Å². The molecule has 0 N–H and O–H groups in total. The lowest BCUT2D eigenvalue weighted by Crippen LogP contribution is -2.05. The van der Waals surface area contributed by atoms with E-state index in [9.17, 15) is 9.59 Å². The molecule has 3 nitrogen and oxygen atoms in total. The third kappa shape index (κ3) is 4.25. The number of hydrogen-bond acceptors (Lipinski definition) is 3. The molecule has 28 heavy (non-hydrogen) atoms. The van der Waals surface area contributed by atoms with E-state index in [0.717, 1.165) is 48.6 Å². The molecule has 0 spiro atoms. The Balaban J connectivity index is 1.93. The maximum Gasteiger partial charge on any atom is 0.197 e. The Kier molecular flexibility index (Phi) is 6.80. The van der Waals surface area contributed by atoms with Gasteiger partial charge in [-0.1, -0.05) is 69.2 Å². The predicted molar refractivity (Wildman–Crippen MR) is 117 cm³/mol. The number of furan rings is 1. The Bertz CT molecular complexity index is 969. The van der Waals surface area contributed by atoms with Crippen molar-refractivity contribution in [2.45, 2.75) is 39.5 Å². The van der Waals surface area contributed by atoms with E-state index in [2.05, 4.69) is 13.8 Å². The summed E-state index contributed by atoms with van der Waals surface area (Å²) in [5.41, 5.74) is 2.90. The molecular weight excluding hydrogens is 367 g/mol. The highest BCUT2D eigenvalue weighted by atomic mass is 31.1. The second-order valence-electron chi connectivity index (χ2n) is 7.13. The molecule has 3 rings (SSSR count). The molecule has 0 aliphatic heterocycles. The fourth-order valence-corrected chi connectivity index (χ4v) is 4.89. The van der Waals surface area contributed by atoms with Gasteiger partial charge in [-0.25, -0.2) is 0 Å². The standard InChI is InChI=1S/C24H27O3P/c1-4-6-10-21-22(19-9-7-8-11-20(19)27-21)23(25)17-12-14-18(15-13-17)24(26)28(3)16-5-2/h7-9,11-15H,4-6,10,16H2,1-3H3. The predicted octanol–water partition coefficient (Wildman–Crippen LogP) is 6.67. The fraction of sp³-hybridized carbons (Fsp3) is 0.333. The molecule has 0 saturated carbocycles. The molecule has 0 saturated heterocycles. The average Bonchev–Trinajstić information content (AvgIpc) is 3.09. The topological polar surface area (TPSA) is 47.3 Å². The fourth-order valence-electron chi connectivity index (χ4n) is 3.42. The molecule has 4 heteroatoms. The van der Waals surface area contributed by atoms with Gasteiger partial charge in [0.1, 0.15) is 11.3 Å². The highest BCUT2D eigenvalue weighted by Crippen LogP contribution is 2.36. The Labute approximate surface area is 167 Å². The van der Waals surface area contributed by atoms with Crippen molar-refractivity contribution in [3.63, 3.8) is 0 Å². The first kappa shape index (κ1) is 20.5. The van der Waals surface area contributed by atoms with Crippen molar-refractivity contribution in [1.29, 1.82) is 0 Å². The molecule has 1 unspecified atom stereocenters. The van der Waals surface area contributed by atoms with E-state index in [1.54, 1.807) is 24.3 Å². The summed E-state index contributed by atoms with van der Waals surface area (Å²) in [7, 11) is -0.654. The van der Waals surface area contributed by atoms with Gasteiger partial charge in [0, 0.05) is 22.9 Å². The second kappa shape index (κ2) is 9.30. The molecule has 0 bridgehead atoms. The highest BCUT2D eigenvalue weighted by Gasteiger charge is 2.22. The molecule has 0 aliphatic rings. The summed E-state index contributed by atoms with van der Waals surface area (Å²) in [5, 5.41) is 0.860. The zero-order valence-electron chi connectivity index (χ0n) is 16.8. The van der Waals surface area contributed by atoms with Crippen molar-refractivity contribution < 1.29 is 14.0 Å². The molecule has 0 aliphatic carbocycles. The average molecular weight is 394 g/mol. The number of ketones is 1. The first-order valence-electron chi connectivity index (χ1n) is 9.97. The van der Waals surface area contributed by atoms with E-state index in [-0.39, 0.29) is 11.3 Å². The maximum atomic E-state index is 13.3. The number of fused-ring (bicyclic) bond motifs is 1. The minimum absolute atomic E-state index is 0.0395. The highest BCUT2D eigenvalue weighted by molar-refractivity contribution is 7.74. The summed E-state index contributed by atoms with van der Waals surface area (Å²) in [6, 6.07) is 14.8. The molecular formula is C24H27O3P. The van der Waals surface area contributed by atoms with Crippen molar-refractivity contribution in [1.82, 2.24) is 0 Å². The summed E-state index contributed by atoms with van der Waals surface area (Å²) in [4.78, 5) is 25.8. The van der Waals surface area contributed by atoms with Crippen LogP contribution in [0.4, 0.5) is 0 Å². The quantitative estimate of drug-likeness (QED) is 0.301. The van der Waals surface area contributed by atoms with Gasteiger partial charge in [0.05, 0.1) is 5.56 Å². The molecule has 0 radical (unpaired) electrons. The number of hydrogen-bond donors (Lipinski definition) is 0. The maximum absolute atomic E-state index is 13.3. The Morgan fingerprint density at radius 3 is 2.29 bits per heavy atom. The van der Waals surface area contributed by atoms with E-state index in [1.165, 1.54) is 0 Å². The van der Waals surface area contributed by atoms with Crippen LogP contribution in [0.3, 0.4) is 0 Å². The first-order valence-corrected chi connectivity index (χ1v) is 11.9. The van der Waals surface area contributed by atoms with Crippen LogP contribution in [-0.2, 0) is 6.42 Å². The van der Waals surface area contributed by atoms with E-state index in [1.807, 2.05) is 30.9 Å². The molecule has 2 aromatic carbocycles. The lowest BCUT2D eigenvalue weighted by molar-refractivity contribution is 0.103. The zero-order chi connectivity index (χ0) is 20.1. The monoisotopic (exact) mass is 394 g/mol. The van der Waals surface area contributed by atoms with Gasteiger partial charge < -0.3 is 4.42 Å². The van der Waals surface area contributed by atoms with Crippen molar-refractivity contribution >= 4 is 30.2 Å². The van der Waals surface area contributed by atoms with Crippen molar-refractivity contribution in [3.05, 3.63) is 71.0 Å². The van der Waals surface area contributed by atoms with Crippen LogP contribution < -0.4 is 0 Å². The smallest absolute Gasteiger partial charge is 0.197 e. The number of unbranched alkanes of at least 4 members (excludes halogenated alkanes) is 1. The number of rotatable bonds is 9. The number of benzene rings is 2. The summed E-state index contributed by atoms with van der Waals surface area (Å²) in [6.07, 6.45) is 4.72. The Hall–Kier alpha value is -2.25. The van der Waals surface area contributed by atoms with Crippen LogP contribution in [0.15, 0.2) is 52.9 Å². The van der Waals surface area contributed by atoms with Crippen LogP contribution in [0.1, 0.15) is 65.1 Å². The number of carbonyl (C=O) groups excluding carboxylic acids is 2. The Morgan fingerprint density at radius 1 is 0.929 bits per heavy atom. The van der Waals surface area contributed by atoms with Crippen LogP contribution in [0.5, 0.6) is 0 Å². The zero-order valence-corrected chi connectivity index (χ0v) is 17.7. The molecule has 0 fully saturated rings. The third-order valence-electron chi connectivity index (χ3n) is 4.95. The first-order chi connectivity index (χ1) is 13.6.